The van der Waals surface area contributed by atoms with E-state index >= 15 is 0 Å². The topological polar surface area (TPSA) is 38.9 Å². The summed E-state index contributed by atoms with van der Waals surface area (Å²) in [6.45, 7) is 0.543. The van der Waals surface area contributed by atoms with Gasteiger partial charge in [0.1, 0.15) is 0 Å². The molecule has 0 bridgehead atoms. The molecule has 0 unspecified atom stereocenters. The van der Waals surface area contributed by atoms with E-state index in [2.05, 4.69) is 4.98 Å². The summed E-state index contributed by atoms with van der Waals surface area (Å²) in [5.41, 5.74) is 7.38. The van der Waals surface area contributed by atoms with Gasteiger partial charge in [-0.3, -0.25) is 4.98 Å². The molecule has 0 spiro atoms. The van der Waals surface area contributed by atoms with Crippen LogP contribution >= 0.6 is 11.6 Å². The van der Waals surface area contributed by atoms with Crippen molar-refractivity contribution in [1.82, 2.24) is 4.98 Å². The Bertz CT molecular complexity index is 506. The molecule has 0 atom stereocenters. The first-order chi connectivity index (χ1) is 7.31. The van der Waals surface area contributed by atoms with Gasteiger partial charge in [-0.05, 0) is 17.7 Å². The molecule has 1 aromatic heterocycles. The number of halogens is 1. The summed E-state index contributed by atoms with van der Waals surface area (Å²) in [6, 6.07) is 7.76. The van der Waals surface area contributed by atoms with Crippen molar-refractivity contribution in [1.29, 1.82) is 0 Å². The Labute approximate surface area is 93.4 Å². The Kier molecular flexibility index (Phi) is 2.99. The fraction of sp³-hybridized carbons (Fsp3) is 0.0833. The van der Waals surface area contributed by atoms with Crippen LogP contribution in [0, 0.1) is 0 Å². The molecule has 0 aliphatic rings. The minimum atomic E-state index is 0.543. The zero-order chi connectivity index (χ0) is 10.7. The van der Waals surface area contributed by atoms with Gasteiger partial charge >= 0.3 is 0 Å². The second-order valence-corrected chi connectivity index (χ2v) is 3.61. The van der Waals surface area contributed by atoms with Gasteiger partial charge < -0.3 is 5.73 Å². The van der Waals surface area contributed by atoms with E-state index in [0.29, 0.717) is 6.54 Å². The number of aromatic nitrogens is 1. The Hall–Kier alpha value is -1.38. The standard InChI is InChI=1S/C12H11ClN2/c13-11-5-7-15-12-8-9(2-1-6-14)3-4-10(11)12/h1-5,7-8H,6,14H2. The lowest BCUT2D eigenvalue weighted by molar-refractivity contribution is 1.26. The number of pyridine rings is 1. The summed E-state index contributed by atoms with van der Waals surface area (Å²) in [6.07, 6.45) is 5.59. The van der Waals surface area contributed by atoms with Gasteiger partial charge in [-0.1, -0.05) is 35.9 Å². The van der Waals surface area contributed by atoms with Crippen molar-refractivity contribution in [3.8, 4) is 0 Å². The van der Waals surface area contributed by atoms with Crippen LogP contribution in [-0.2, 0) is 0 Å². The van der Waals surface area contributed by atoms with E-state index in [0.717, 1.165) is 21.5 Å². The highest BCUT2D eigenvalue weighted by Crippen LogP contribution is 2.22. The van der Waals surface area contributed by atoms with Crippen LogP contribution in [0.1, 0.15) is 5.56 Å². The summed E-state index contributed by atoms with van der Waals surface area (Å²) >= 11 is 6.04. The number of nitrogens with two attached hydrogens (primary N) is 1. The molecule has 0 aliphatic carbocycles. The van der Waals surface area contributed by atoms with E-state index in [1.54, 1.807) is 12.3 Å². The molecule has 2 rings (SSSR count). The van der Waals surface area contributed by atoms with Crippen LogP contribution in [0.2, 0.25) is 5.02 Å². The first kappa shape index (κ1) is 10.1. The van der Waals surface area contributed by atoms with Gasteiger partial charge in [0.15, 0.2) is 0 Å². The lowest BCUT2D eigenvalue weighted by Crippen LogP contribution is -1.91. The maximum Gasteiger partial charge on any atom is 0.0722 e. The van der Waals surface area contributed by atoms with E-state index in [1.807, 2.05) is 30.4 Å². The highest BCUT2D eigenvalue weighted by Gasteiger charge is 1.99. The summed E-state index contributed by atoms with van der Waals surface area (Å²) in [7, 11) is 0. The molecule has 2 nitrogen and oxygen atoms in total. The lowest BCUT2D eigenvalue weighted by atomic mass is 10.1. The second kappa shape index (κ2) is 4.43. The molecule has 0 saturated heterocycles. The first-order valence-electron chi connectivity index (χ1n) is 4.72. The Morgan fingerprint density at radius 3 is 3.00 bits per heavy atom. The Morgan fingerprint density at radius 2 is 2.20 bits per heavy atom. The number of hydrogen-bond acceptors (Lipinski definition) is 2. The molecule has 1 aromatic carbocycles. The average Bonchev–Trinajstić information content (AvgIpc) is 2.26. The molecule has 2 N–H and O–H groups in total. The van der Waals surface area contributed by atoms with Crippen molar-refractivity contribution in [2.45, 2.75) is 0 Å². The molecule has 0 amide bonds. The largest absolute Gasteiger partial charge is 0.327 e. The summed E-state index contributed by atoms with van der Waals surface area (Å²) in [4.78, 5) is 4.26. The molecular weight excluding hydrogens is 208 g/mol. The SMILES string of the molecule is NCC=Cc1ccc2c(Cl)ccnc2c1. The van der Waals surface area contributed by atoms with Crippen molar-refractivity contribution in [2.24, 2.45) is 5.73 Å². The molecule has 15 heavy (non-hydrogen) atoms. The summed E-state index contributed by atoms with van der Waals surface area (Å²) < 4.78 is 0. The van der Waals surface area contributed by atoms with Crippen molar-refractivity contribution in [2.75, 3.05) is 6.54 Å². The summed E-state index contributed by atoms with van der Waals surface area (Å²) in [5, 5.41) is 1.71. The third kappa shape index (κ3) is 2.17. The van der Waals surface area contributed by atoms with Crippen molar-refractivity contribution in [3.05, 3.63) is 47.1 Å². The average molecular weight is 219 g/mol. The smallest absolute Gasteiger partial charge is 0.0722 e. The molecular formula is C12H11ClN2. The first-order valence-corrected chi connectivity index (χ1v) is 5.10. The van der Waals surface area contributed by atoms with Crippen LogP contribution in [0.15, 0.2) is 36.5 Å². The van der Waals surface area contributed by atoms with Crippen LogP contribution in [0.4, 0.5) is 0 Å². The third-order valence-corrected chi connectivity index (χ3v) is 2.49. The second-order valence-electron chi connectivity index (χ2n) is 3.21. The van der Waals surface area contributed by atoms with E-state index in [-0.39, 0.29) is 0 Å². The van der Waals surface area contributed by atoms with Crippen LogP contribution in [0.25, 0.3) is 17.0 Å². The lowest BCUT2D eigenvalue weighted by Gasteiger charge is -2.00. The van der Waals surface area contributed by atoms with E-state index < -0.39 is 0 Å². The Morgan fingerprint density at radius 1 is 1.33 bits per heavy atom. The minimum absolute atomic E-state index is 0.543. The van der Waals surface area contributed by atoms with E-state index in [1.165, 1.54) is 0 Å². The maximum absolute atomic E-state index is 6.04. The molecule has 76 valence electrons. The van der Waals surface area contributed by atoms with Crippen molar-refractivity contribution in [3.63, 3.8) is 0 Å². The molecule has 0 radical (unpaired) electrons. The van der Waals surface area contributed by atoms with Crippen molar-refractivity contribution >= 4 is 28.6 Å². The molecule has 0 saturated carbocycles. The van der Waals surface area contributed by atoms with Gasteiger partial charge in [0.2, 0.25) is 0 Å². The van der Waals surface area contributed by atoms with Gasteiger partial charge in [0, 0.05) is 18.1 Å². The van der Waals surface area contributed by atoms with Gasteiger partial charge in [0.25, 0.3) is 0 Å². The number of benzene rings is 1. The van der Waals surface area contributed by atoms with Crippen LogP contribution in [0.5, 0.6) is 0 Å². The third-order valence-electron chi connectivity index (χ3n) is 2.16. The highest BCUT2D eigenvalue weighted by molar-refractivity contribution is 6.35. The molecule has 0 aliphatic heterocycles. The Balaban J connectivity index is 2.52. The predicted molar refractivity (Wildman–Crippen MR) is 64.8 cm³/mol. The zero-order valence-electron chi connectivity index (χ0n) is 8.15. The molecule has 0 fully saturated rings. The maximum atomic E-state index is 6.04. The zero-order valence-corrected chi connectivity index (χ0v) is 8.91. The van der Waals surface area contributed by atoms with Gasteiger partial charge in [0.05, 0.1) is 10.5 Å². The number of hydrogen-bond donors (Lipinski definition) is 1. The number of rotatable bonds is 2. The van der Waals surface area contributed by atoms with Crippen LogP contribution in [0.3, 0.4) is 0 Å². The van der Waals surface area contributed by atoms with Gasteiger partial charge in [-0.25, -0.2) is 0 Å². The fourth-order valence-electron chi connectivity index (χ4n) is 1.44. The predicted octanol–water partition coefficient (Wildman–Crippen LogP) is 2.86. The van der Waals surface area contributed by atoms with Crippen LogP contribution < -0.4 is 5.73 Å². The number of nitrogens with zero attached hydrogens (tertiary/aromatic N) is 1. The fourth-order valence-corrected chi connectivity index (χ4v) is 1.65. The molecule has 3 heteroatoms. The monoisotopic (exact) mass is 218 g/mol. The number of fused-ring (bicyclic) bond motifs is 1. The van der Waals surface area contributed by atoms with Gasteiger partial charge in [-0.2, -0.15) is 0 Å². The minimum Gasteiger partial charge on any atom is -0.327 e. The normalized spacial score (nSPS) is 11.3. The van der Waals surface area contributed by atoms with E-state index in [4.69, 9.17) is 17.3 Å². The molecule has 2 aromatic rings. The molecule has 1 heterocycles. The highest BCUT2D eigenvalue weighted by atomic mass is 35.5. The summed E-state index contributed by atoms with van der Waals surface area (Å²) in [5.74, 6) is 0. The van der Waals surface area contributed by atoms with E-state index in [9.17, 15) is 0 Å². The van der Waals surface area contributed by atoms with Crippen LogP contribution in [-0.4, -0.2) is 11.5 Å². The quantitative estimate of drug-likeness (QED) is 0.842. The van der Waals surface area contributed by atoms with Gasteiger partial charge in [-0.15, -0.1) is 0 Å². The van der Waals surface area contributed by atoms with Crippen molar-refractivity contribution < 1.29 is 0 Å².